The second kappa shape index (κ2) is 7.32. The van der Waals surface area contributed by atoms with Crippen molar-refractivity contribution in [3.05, 3.63) is 76.6 Å². The van der Waals surface area contributed by atoms with E-state index in [-0.39, 0.29) is 0 Å². The first-order valence-corrected chi connectivity index (χ1v) is 8.03. The molecule has 2 aromatic carbocycles. The summed E-state index contributed by atoms with van der Waals surface area (Å²) in [6.45, 7) is 4.41. The lowest BCUT2D eigenvalue weighted by molar-refractivity contribution is 0.306. The summed E-state index contributed by atoms with van der Waals surface area (Å²) < 4.78 is 5.77. The van der Waals surface area contributed by atoms with Gasteiger partial charge >= 0.3 is 0 Å². The minimum atomic E-state index is 0.504. The molecule has 3 rings (SSSR count). The SMILES string of the molecule is Cc1cc(C)nc(Nc2ccc(OCc3ccc(Cl)cc3)cc2)n1. The second-order valence-corrected chi connectivity index (χ2v) is 5.98. The average molecular weight is 340 g/mol. The van der Waals surface area contributed by atoms with E-state index < -0.39 is 0 Å². The van der Waals surface area contributed by atoms with Crippen LogP contribution < -0.4 is 10.1 Å². The molecule has 0 atom stereocenters. The number of nitrogens with zero attached hydrogens (tertiary/aromatic N) is 2. The molecule has 0 aliphatic rings. The highest BCUT2D eigenvalue weighted by molar-refractivity contribution is 6.30. The fourth-order valence-electron chi connectivity index (χ4n) is 2.29. The number of ether oxygens (including phenoxy) is 1. The maximum atomic E-state index is 5.87. The maximum absolute atomic E-state index is 5.87. The van der Waals surface area contributed by atoms with Crippen LogP contribution in [0.3, 0.4) is 0 Å². The van der Waals surface area contributed by atoms with E-state index in [2.05, 4.69) is 15.3 Å². The van der Waals surface area contributed by atoms with Crippen LogP contribution in [0.2, 0.25) is 5.02 Å². The minimum absolute atomic E-state index is 0.504. The van der Waals surface area contributed by atoms with Crippen LogP contribution in [0.5, 0.6) is 5.75 Å². The molecule has 0 saturated carbocycles. The summed E-state index contributed by atoms with van der Waals surface area (Å²) in [4.78, 5) is 8.74. The van der Waals surface area contributed by atoms with Crippen molar-refractivity contribution in [1.29, 1.82) is 0 Å². The van der Waals surface area contributed by atoms with Crippen molar-refractivity contribution in [1.82, 2.24) is 9.97 Å². The molecule has 0 saturated heterocycles. The van der Waals surface area contributed by atoms with Gasteiger partial charge in [-0.05, 0) is 61.9 Å². The van der Waals surface area contributed by atoms with Crippen molar-refractivity contribution >= 4 is 23.2 Å². The fourth-order valence-corrected chi connectivity index (χ4v) is 2.42. The summed E-state index contributed by atoms with van der Waals surface area (Å²) in [5.74, 6) is 1.40. The van der Waals surface area contributed by atoms with Gasteiger partial charge in [0.1, 0.15) is 12.4 Å². The van der Waals surface area contributed by atoms with E-state index >= 15 is 0 Å². The summed E-state index contributed by atoms with van der Waals surface area (Å²) in [5.41, 5.74) is 3.87. The smallest absolute Gasteiger partial charge is 0.227 e. The van der Waals surface area contributed by atoms with E-state index in [1.807, 2.05) is 68.4 Å². The molecule has 0 aliphatic carbocycles. The molecule has 1 N–H and O–H groups in total. The first-order valence-electron chi connectivity index (χ1n) is 7.65. The Bertz CT molecular complexity index is 797. The van der Waals surface area contributed by atoms with Crippen LogP contribution in [0.1, 0.15) is 17.0 Å². The molecule has 0 amide bonds. The lowest BCUT2D eigenvalue weighted by Gasteiger charge is -2.09. The molecular weight excluding hydrogens is 322 g/mol. The molecular formula is C19H18ClN3O. The van der Waals surface area contributed by atoms with Crippen LogP contribution >= 0.6 is 11.6 Å². The third-order valence-corrected chi connectivity index (χ3v) is 3.66. The van der Waals surface area contributed by atoms with Gasteiger partial charge in [0, 0.05) is 22.1 Å². The number of anilines is 2. The Hall–Kier alpha value is -2.59. The topological polar surface area (TPSA) is 47.0 Å². The molecule has 0 fully saturated rings. The Kier molecular flexibility index (Phi) is 4.96. The molecule has 122 valence electrons. The zero-order valence-corrected chi connectivity index (χ0v) is 14.3. The first kappa shape index (κ1) is 16.3. The highest BCUT2D eigenvalue weighted by Crippen LogP contribution is 2.20. The molecule has 0 bridgehead atoms. The van der Waals surface area contributed by atoms with Crippen molar-refractivity contribution in [3.8, 4) is 5.75 Å². The van der Waals surface area contributed by atoms with Crippen LogP contribution in [-0.4, -0.2) is 9.97 Å². The van der Waals surface area contributed by atoms with E-state index in [4.69, 9.17) is 16.3 Å². The minimum Gasteiger partial charge on any atom is -0.489 e. The van der Waals surface area contributed by atoms with Gasteiger partial charge in [0.05, 0.1) is 0 Å². The molecule has 0 aliphatic heterocycles. The van der Waals surface area contributed by atoms with Gasteiger partial charge in [0.2, 0.25) is 5.95 Å². The van der Waals surface area contributed by atoms with Crippen LogP contribution in [0, 0.1) is 13.8 Å². The number of hydrogen-bond donors (Lipinski definition) is 1. The number of benzene rings is 2. The molecule has 0 spiro atoms. The summed E-state index contributed by atoms with van der Waals surface area (Å²) in [7, 11) is 0. The average Bonchev–Trinajstić information content (AvgIpc) is 2.55. The van der Waals surface area contributed by atoms with Crippen LogP contribution in [0.15, 0.2) is 54.6 Å². The molecule has 0 radical (unpaired) electrons. The summed E-state index contributed by atoms with van der Waals surface area (Å²) in [5, 5.41) is 3.93. The zero-order chi connectivity index (χ0) is 16.9. The van der Waals surface area contributed by atoms with E-state index in [0.717, 1.165) is 33.4 Å². The van der Waals surface area contributed by atoms with Gasteiger partial charge < -0.3 is 10.1 Å². The zero-order valence-electron chi connectivity index (χ0n) is 13.6. The summed E-state index contributed by atoms with van der Waals surface area (Å²) in [6, 6.07) is 17.3. The highest BCUT2D eigenvalue weighted by Gasteiger charge is 2.01. The number of aromatic nitrogens is 2. The number of rotatable bonds is 5. The van der Waals surface area contributed by atoms with Crippen molar-refractivity contribution in [3.63, 3.8) is 0 Å². The van der Waals surface area contributed by atoms with Crippen molar-refractivity contribution < 1.29 is 4.74 Å². The van der Waals surface area contributed by atoms with Gasteiger partial charge in [-0.25, -0.2) is 9.97 Å². The van der Waals surface area contributed by atoms with Gasteiger partial charge in [0.15, 0.2) is 0 Å². The third-order valence-electron chi connectivity index (χ3n) is 3.41. The molecule has 1 aromatic heterocycles. The molecule has 1 heterocycles. The third kappa shape index (κ3) is 4.46. The Morgan fingerprint density at radius 1 is 0.917 bits per heavy atom. The molecule has 3 aromatic rings. The quantitative estimate of drug-likeness (QED) is 0.705. The van der Waals surface area contributed by atoms with Crippen LogP contribution in [-0.2, 0) is 6.61 Å². The Balaban J connectivity index is 1.61. The molecule has 4 nitrogen and oxygen atoms in total. The number of halogens is 1. The first-order chi connectivity index (χ1) is 11.6. The number of hydrogen-bond acceptors (Lipinski definition) is 4. The second-order valence-electron chi connectivity index (χ2n) is 5.54. The van der Waals surface area contributed by atoms with Crippen molar-refractivity contribution in [2.24, 2.45) is 0 Å². The summed E-state index contributed by atoms with van der Waals surface area (Å²) >= 11 is 5.87. The largest absolute Gasteiger partial charge is 0.489 e. The molecule has 24 heavy (non-hydrogen) atoms. The van der Waals surface area contributed by atoms with Crippen molar-refractivity contribution in [2.75, 3.05) is 5.32 Å². The summed E-state index contributed by atoms with van der Waals surface area (Å²) in [6.07, 6.45) is 0. The maximum Gasteiger partial charge on any atom is 0.227 e. The van der Waals surface area contributed by atoms with Gasteiger partial charge in [-0.1, -0.05) is 23.7 Å². The van der Waals surface area contributed by atoms with Gasteiger partial charge in [-0.2, -0.15) is 0 Å². The van der Waals surface area contributed by atoms with Crippen molar-refractivity contribution in [2.45, 2.75) is 20.5 Å². The Labute approximate surface area is 146 Å². The van der Waals surface area contributed by atoms with Crippen LogP contribution in [0.25, 0.3) is 0 Å². The Morgan fingerprint density at radius 3 is 2.17 bits per heavy atom. The Morgan fingerprint density at radius 2 is 1.54 bits per heavy atom. The lowest BCUT2D eigenvalue weighted by atomic mass is 10.2. The number of nitrogens with one attached hydrogen (secondary N) is 1. The predicted octanol–water partition coefficient (Wildman–Crippen LogP) is 5.07. The fraction of sp³-hybridized carbons (Fsp3) is 0.158. The lowest BCUT2D eigenvalue weighted by Crippen LogP contribution is -2.00. The van der Waals surface area contributed by atoms with E-state index in [0.29, 0.717) is 12.6 Å². The normalized spacial score (nSPS) is 10.5. The predicted molar refractivity (Wildman–Crippen MR) is 97.0 cm³/mol. The van der Waals surface area contributed by atoms with E-state index in [1.165, 1.54) is 0 Å². The number of aryl methyl sites for hydroxylation is 2. The molecule has 0 unspecified atom stereocenters. The van der Waals surface area contributed by atoms with Crippen LogP contribution in [0.4, 0.5) is 11.6 Å². The van der Waals surface area contributed by atoms with Gasteiger partial charge in [-0.15, -0.1) is 0 Å². The standard InChI is InChI=1S/C19H18ClN3O/c1-13-11-14(2)22-19(21-13)23-17-7-9-18(10-8-17)24-12-15-3-5-16(20)6-4-15/h3-11H,12H2,1-2H3,(H,21,22,23). The van der Waals surface area contributed by atoms with Gasteiger partial charge in [-0.3, -0.25) is 0 Å². The van der Waals surface area contributed by atoms with E-state index in [1.54, 1.807) is 0 Å². The van der Waals surface area contributed by atoms with E-state index in [9.17, 15) is 0 Å². The molecule has 5 heteroatoms. The highest BCUT2D eigenvalue weighted by atomic mass is 35.5. The monoisotopic (exact) mass is 339 g/mol. The van der Waals surface area contributed by atoms with Gasteiger partial charge in [0.25, 0.3) is 0 Å².